The average molecular weight is 782 g/mol. The molecule has 45 heavy (non-hydrogen) atoms. The van der Waals surface area contributed by atoms with Crippen molar-refractivity contribution >= 4 is 23.9 Å². The number of carbonyl (C=O) groups excluding carboxylic acids is 3. The zero-order valence-electron chi connectivity index (χ0n) is 25.4. The Hall–Kier alpha value is -2.09. The van der Waals surface area contributed by atoms with E-state index in [1.807, 2.05) is 6.92 Å². The van der Waals surface area contributed by atoms with E-state index in [0.717, 1.165) is 0 Å². The predicted octanol–water partition coefficient (Wildman–Crippen LogP) is -5.02. The van der Waals surface area contributed by atoms with E-state index in [1.54, 1.807) is 26.8 Å². The topological polar surface area (TPSA) is 211 Å². The second-order valence-electron chi connectivity index (χ2n) is 10.2. The third-order valence-corrected chi connectivity index (χ3v) is 6.93. The molecule has 1 fully saturated rings. The largest absolute Gasteiger partial charge is 3.00 e. The molecule has 1 radical (unpaired) electrons. The van der Waals surface area contributed by atoms with Gasteiger partial charge in [0, 0.05) is 90.7 Å². The van der Waals surface area contributed by atoms with Crippen LogP contribution < -0.4 is 20.1 Å². The summed E-state index contributed by atoms with van der Waals surface area (Å²) >= 11 is 0. The molecule has 1 aromatic rings. The number of carboxylic acids is 4. The van der Waals surface area contributed by atoms with Gasteiger partial charge in [-0.1, -0.05) is 0 Å². The molecule has 2 rings (SSSR count). The summed E-state index contributed by atoms with van der Waals surface area (Å²) in [5.74, 6) is -4.60. The van der Waals surface area contributed by atoms with E-state index in [2.05, 4.69) is 4.98 Å². The Labute approximate surface area is 294 Å². The van der Waals surface area contributed by atoms with Gasteiger partial charge in [-0.15, -0.1) is 0 Å². The molecular formula is C28H42GdN5O11. The summed E-state index contributed by atoms with van der Waals surface area (Å²) in [6, 6.07) is 2.29. The van der Waals surface area contributed by atoms with E-state index in [9.17, 15) is 39.6 Å². The van der Waals surface area contributed by atoms with Crippen molar-refractivity contribution < 1.29 is 93.8 Å². The molecule has 0 aromatic carbocycles. The van der Waals surface area contributed by atoms with Gasteiger partial charge in [-0.25, -0.2) is 0 Å². The minimum absolute atomic E-state index is 0. The number of carboxylic acid groups (broad SMARTS) is 4. The molecule has 1 aromatic heterocycles. The zero-order chi connectivity index (χ0) is 32.3. The Balaban J connectivity index is 0.0000101. The number of pyridine rings is 1. The van der Waals surface area contributed by atoms with Crippen molar-refractivity contribution in [3.05, 3.63) is 24.0 Å². The smallest absolute Gasteiger partial charge is 0.549 e. The molecular weight excluding hydrogens is 740 g/mol. The number of aromatic nitrogens is 1. The first-order chi connectivity index (χ1) is 21.1. The zero-order valence-corrected chi connectivity index (χ0v) is 27.7. The number of aliphatic carboxylic acids is 4. The van der Waals surface area contributed by atoms with Crippen LogP contribution in [0.25, 0.3) is 0 Å². The minimum Gasteiger partial charge on any atom is -0.549 e. The summed E-state index contributed by atoms with van der Waals surface area (Å²) in [6.45, 7) is 4.08. The summed E-state index contributed by atoms with van der Waals surface area (Å²) in [5.41, 5.74) is 0.486. The summed E-state index contributed by atoms with van der Waals surface area (Å²) < 4.78 is 16.2. The van der Waals surface area contributed by atoms with Gasteiger partial charge in [-0.2, -0.15) is 0 Å². The fraction of sp³-hybridized carbons (Fsp3) is 0.679. The van der Waals surface area contributed by atoms with E-state index >= 15 is 0 Å². The van der Waals surface area contributed by atoms with Crippen LogP contribution >= 0.6 is 0 Å². The minimum atomic E-state index is -1.33. The van der Waals surface area contributed by atoms with E-state index in [0.29, 0.717) is 44.5 Å². The number of hydrogen-bond donors (Lipinski definition) is 1. The predicted molar refractivity (Wildman–Crippen MR) is 148 cm³/mol. The van der Waals surface area contributed by atoms with E-state index in [-0.39, 0.29) is 98.7 Å². The van der Waals surface area contributed by atoms with Gasteiger partial charge >= 0.3 is 45.9 Å². The summed E-state index contributed by atoms with van der Waals surface area (Å²) in [5, 5.41) is 44.2. The van der Waals surface area contributed by atoms with Crippen LogP contribution in [-0.2, 0) is 35.1 Å². The molecule has 0 aliphatic carbocycles. The first-order valence-electron chi connectivity index (χ1n) is 14.5. The van der Waals surface area contributed by atoms with Gasteiger partial charge in [-0.05, 0) is 19.1 Å². The molecule has 2 heterocycles. The average Bonchev–Trinajstić information content (AvgIpc) is 2.95. The Kier molecular flexibility index (Phi) is 21.2. The monoisotopic (exact) mass is 782 g/mol. The molecule has 1 atom stereocenters. The standard InChI is InChI=1S/C28H45N5O11.Gd/c1-2-42-13-14-43-15-16-44-23-4-3-22(29-18-23)17-24(28(40)41)33-11-9-31(20-26(36)37)7-5-30(19-25(34)35)6-8-32(10-12-33)21-27(38)39;/h3-4,18,24H,2,5-17,19-21H2,1H3,(H,34,35)(H,36,37)(H,38,39)(H,40,41);/q;+3/p-3. The molecule has 253 valence electrons. The third kappa shape index (κ3) is 18.0. The van der Waals surface area contributed by atoms with Gasteiger partial charge < -0.3 is 49.0 Å². The van der Waals surface area contributed by atoms with Gasteiger partial charge in [0.15, 0.2) is 0 Å². The van der Waals surface area contributed by atoms with Crippen molar-refractivity contribution in [1.82, 2.24) is 24.6 Å². The van der Waals surface area contributed by atoms with E-state index < -0.39 is 49.6 Å². The van der Waals surface area contributed by atoms with Crippen molar-refractivity contribution in [1.29, 1.82) is 0 Å². The second-order valence-corrected chi connectivity index (χ2v) is 10.2. The Morgan fingerprint density at radius 1 is 0.778 bits per heavy atom. The van der Waals surface area contributed by atoms with Gasteiger partial charge in [-0.3, -0.25) is 29.4 Å². The van der Waals surface area contributed by atoms with Gasteiger partial charge in [0.2, 0.25) is 0 Å². The van der Waals surface area contributed by atoms with Gasteiger partial charge in [0.25, 0.3) is 0 Å². The van der Waals surface area contributed by atoms with Crippen LogP contribution in [0.4, 0.5) is 0 Å². The van der Waals surface area contributed by atoms with Crippen LogP contribution in [0, 0.1) is 39.9 Å². The normalized spacial score (nSPS) is 16.9. The van der Waals surface area contributed by atoms with Gasteiger partial charge in [0.1, 0.15) is 18.4 Å². The summed E-state index contributed by atoms with van der Waals surface area (Å²) in [6.07, 6.45) is 1.52. The Morgan fingerprint density at radius 2 is 1.24 bits per heavy atom. The quantitative estimate of drug-likeness (QED) is 0.138. The number of hydrogen-bond acceptors (Lipinski definition) is 15. The molecule has 0 bridgehead atoms. The molecule has 0 spiro atoms. The first kappa shape index (κ1) is 40.9. The molecule has 17 heteroatoms. The second kappa shape index (κ2) is 23.3. The molecule has 0 saturated carbocycles. The maximum atomic E-state index is 12.5. The maximum Gasteiger partial charge on any atom is 3.00 e. The van der Waals surface area contributed by atoms with Crippen LogP contribution in [0.2, 0.25) is 0 Å². The van der Waals surface area contributed by atoms with E-state index in [4.69, 9.17) is 14.2 Å². The maximum absolute atomic E-state index is 12.5. The van der Waals surface area contributed by atoms with Crippen LogP contribution in [0.5, 0.6) is 5.75 Å². The molecule has 16 nitrogen and oxygen atoms in total. The van der Waals surface area contributed by atoms with Crippen LogP contribution in [0.1, 0.15) is 12.6 Å². The molecule has 0 amide bonds. The fourth-order valence-electron chi connectivity index (χ4n) is 4.66. The molecule has 1 aliphatic rings. The Morgan fingerprint density at radius 3 is 1.67 bits per heavy atom. The van der Waals surface area contributed by atoms with E-state index in [1.165, 1.54) is 11.1 Å². The van der Waals surface area contributed by atoms with Crippen molar-refractivity contribution in [2.75, 3.05) is 105 Å². The fourth-order valence-corrected chi connectivity index (χ4v) is 4.66. The number of rotatable bonds is 18. The van der Waals surface area contributed by atoms with Gasteiger partial charge in [0.05, 0.1) is 43.9 Å². The third-order valence-electron chi connectivity index (χ3n) is 6.93. The van der Waals surface area contributed by atoms with Crippen molar-refractivity contribution in [2.45, 2.75) is 19.4 Å². The molecule has 1 saturated heterocycles. The van der Waals surface area contributed by atoms with Crippen molar-refractivity contribution in [3.8, 4) is 5.75 Å². The number of ether oxygens (including phenoxy) is 3. The van der Waals surface area contributed by atoms with Crippen molar-refractivity contribution in [2.24, 2.45) is 0 Å². The molecule has 1 N–H and O–H groups in total. The number of nitrogens with zero attached hydrogens (tertiary/aromatic N) is 5. The SMILES string of the molecule is CCOCCOCCOc1ccc(CC(C(=O)O)N2CCN(CC(=O)[O-])CCN(CC(=O)[O-])CCN(CC(=O)[O-])CC2)nc1.[Gd+3]. The molecule has 1 aliphatic heterocycles. The Bertz CT molecular complexity index is 1000. The summed E-state index contributed by atoms with van der Waals surface area (Å²) in [7, 11) is 0. The van der Waals surface area contributed by atoms with Crippen molar-refractivity contribution in [3.63, 3.8) is 0 Å². The van der Waals surface area contributed by atoms with Crippen LogP contribution in [0.3, 0.4) is 0 Å². The van der Waals surface area contributed by atoms with Crippen LogP contribution in [0.15, 0.2) is 18.3 Å². The summed E-state index contributed by atoms with van der Waals surface area (Å²) in [4.78, 5) is 57.1. The molecule has 1 unspecified atom stereocenters. The first-order valence-corrected chi connectivity index (χ1v) is 14.5. The number of carbonyl (C=O) groups is 4. The van der Waals surface area contributed by atoms with Crippen LogP contribution in [-0.4, -0.2) is 165 Å².